The Bertz CT molecular complexity index is 521. The third-order valence-electron chi connectivity index (χ3n) is 3.75. The van der Waals surface area contributed by atoms with E-state index in [-0.39, 0.29) is 17.7 Å². The lowest BCUT2D eigenvalue weighted by molar-refractivity contribution is -0.126. The van der Waals surface area contributed by atoms with E-state index >= 15 is 0 Å². The highest BCUT2D eigenvalue weighted by molar-refractivity contribution is 5.97. The van der Waals surface area contributed by atoms with Crippen molar-refractivity contribution >= 4 is 23.3 Å². The number of anilines is 2. The maximum atomic E-state index is 12.3. The van der Waals surface area contributed by atoms with Gasteiger partial charge in [0.1, 0.15) is 11.9 Å². The van der Waals surface area contributed by atoms with Crippen molar-refractivity contribution in [2.75, 3.05) is 23.3 Å². The van der Waals surface area contributed by atoms with Crippen LogP contribution in [0.1, 0.15) is 33.6 Å². The minimum atomic E-state index is -0.546. The number of amides is 2. The molecule has 0 spiro atoms. The molecule has 1 atom stereocenters. The Balaban J connectivity index is 1.99. The molecule has 0 saturated carbocycles. The van der Waals surface area contributed by atoms with Crippen LogP contribution in [0.4, 0.5) is 11.5 Å². The summed E-state index contributed by atoms with van der Waals surface area (Å²) in [6.07, 6.45) is 4.07. The van der Waals surface area contributed by atoms with E-state index in [1.165, 1.54) is 19.8 Å². The Labute approximate surface area is 131 Å². The average molecular weight is 304 g/mol. The monoisotopic (exact) mass is 304 g/mol. The standard InChI is InChI=1S/C16H24N4O2/c1-11(2)15(18-12(3)21)16(22)19-13-6-7-14(17-10-13)20-8-4-5-9-20/h6-7,10-11,15H,4-5,8-9H2,1-3H3,(H,18,21)(H,19,22). The smallest absolute Gasteiger partial charge is 0.247 e. The highest BCUT2D eigenvalue weighted by Crippen LogP contribution is 2.19. The normalized spacial score (nSPS) is 15.7. The number of nitrogens with one attached hydrogen (secondary N) is 2. The van der Waals surface area contributed by atoms with Gasteiger partial charge in [-0.1, -0.05) is 13.8 Å². The van der Waals surface area contributed by atoms with Gasteiger partial charge in [-0.3, -0.25) is 9.59 Å². The molecule has 1 saturated heterocycles. The lowest BCUT2D eigenvalue weighted by atomic mass is 10.0. The van der Waals surface area contributed by atoms with Crippen molar-refractivity contribution in [2.45, 2.75) is 39.7 Å². The quantitative estimate of drug-likeness (QED) is 0.869. The molecule has 120 valence electrons. The van der Waals surface area contributed by atoms with Gasteiger partial charge in [0, 0.05) is 20.0 Å². The van der Waals surface area contributed by atoms with Gasteiger partial charge in [0.2, 0.25) is 11.8 Å². The largest absolute Gasteiger partial charge is 0.357 e. The SMILES string of the molecule is CC(=O)NC(C(=O)Nc1ccc(N2CCCC2)nc1)C(C)C. The van der Waals surface area contributed by atoms with Gasteiger partial charge in [-0.2, -0.15) is 0 Å². The number of hydrogen-bond donors (Lipinski definition) is 2. The average Bonchev–Trinajstić information content (AvgIpc) is 2.99. The van der Waals surface area contributed by atoms with Crippen molar-refractivity contribution in [1.29, 1.82) is 0 Å². The fraction of sp³-hybridized carbons (Fsp3) is 0.562. The van der Waals surface area contributed by atoms with E-state index in [9.17, 15) is 9.59 Å². The van der Waals surface area contributed by atoms with E-state index in [0.29, 0.717) is 5.69 Å². The molecule has 0 bridgehead atoms. The van der Waals surface area contributed by atoms with Gasteiger partial charge in [0.15, 0.2) is 0 Å². The molecule has 1 aliphatic heterocycles. The molecule has 1 fully saturated rings. The molecule has 1 aromatic rings. The molecular formula is C16H24N4O2. The summed E-state index contributed by atoms with van der Waals surface area (Å²) in [6.45, 7) is 7.28. The summed E-state index contributed by atoms with van der Waals surface area (Å²) >= 11 is 0. The molecule has 6 heteroatoms. The van der Waals surface area contributed by atoms with Crippen molar-refractivity contribution in [3.8, 4) is 0 Å². The van der Waals surface area contributed by atoms with Crippen LogP contribution in [0.2, 0.25) is 0 Å². The van der Waals surface area contributed by atoms with E-state index in [2.05, 4.69) is 20.5 Å². The van der Waals surface area contributed by atoms with E-state index in [1.54, 1.807) is 6.20 Å². The van der Waals surface area contributed by atoms with E-state index in [0.717, 1.165) is 18.9 Å². The van der Waals surface area contributed by atoms with Crippen molar-refractivity contribution < 1.29 is 9.59 Å². The molecule has 0 aromatic carbocycles. The lowest BCUT2D eigenvalue weighted by Gasteiger charge is -2.21. The number of hydrogen-bond acceptors (Lipinski definition) is 4. The highest BCUT2D eigenvalue weighted by Gasteiger charge is 2.23. The van der Waals surface area contributed by atoms with Gasteiger partial charge >= 0.3 is 0 Å². The summed E-state index contributed by atoms with van der Waals surface area (Å²) in [7, 11) is 0. The van der Waals surface area contributed by atoms with Crippen LogP contribution in [-0.4, -0.2) is 35.9 Å². The molecule has 1 unspecified atom stereocenters. The Kier molecular flexibility index (Phi) is 5.35. The van der Waals surface area contributed by atoms with Gasteiger partial charge in [-0.15, -0.1) is 0 Å². The molecule has 2 amide bonds. The maximum Gasteiger partial charge on any atom is 0.247 e. The predicted octanol–water partition coefficient (Wildman–Crippen LogP) is 1.78. The number of pyridine rings is 1. The Morgan fingerprint density at radius 3 is 2.41 bits per heavy atom. The van der Waals surface area contributed by atoms with Crippen molar-refractivity contribution in [1.82, 2.24) is 10.3 Å². The van der Waals surface area contributed by atoms with Crippen LogP contribution in [0.25, 0.3) is 0 Å². The molecule has 2 rings (SSSR count). The van der Waals surface area contributed by atoms with Crippen LogP contribution < -0.4 is 15.5 Å². The topological polar surface area (TPSA) is 74.3 Å². The van der Waals surface area contributed by atoms with Crippen molar-refractivity contribution in [3.63, 3.8) is 0 Å². The molecule has 2 N–H and O–H groups in total. The molecule has 6 nitrogen and oxygen atoms in total. The first-order chi connectivity index (χ1) is 10.5. The molecule has 22 heavy (non-hydrogen) atoms. The van der Waals surface area contributed by atoms with Gasteiger partial charge in [-0.05, 0) is 30.9 Å². The Hall–Kier alpha value is -2.11. The second-order valence-corrected chi connectivity index (χ2v) is 6.01. The van der Waals surface area contributed by atoms with Gasteiger partial charge in [-0.25, -0.2) is 4.98 Å². The number of rotatable bonds is 5. The van der Waals surface area contributed by atoms with Crippen LogP contribution in [0.5, 0.6) is 0 Å². The fourth-order valence-corrected chi connectivity index (χ4v) is 2.57. The summed E-state index contributed by atoms with van der Waals surface area (Å²) in [6, 6.07) is 3.23. The van der Waals surface area contributed by atoms with Gasteiger partial charge in [0.05, 0.1) is 11.9 Å². The second kappa shape index (κ2) is 7.24. The minimum absolute atomic E-state index is 0.0146. The zero-order chi connectivity index (χ0) is 16.1. The number of carbonyl (C=O) groups is 2. The van der Waals surface area contributed by atoms with Crippen LogP contribution in [0, 0.1) is 5.92 Å². The number of nitrogens with zero attached hydrogens (tertiary/aromatic N) is 2. The van der Waals surface area contributed by atoms with Gasteiger partial charge in [0.25, 0.3) is 0 Å². The summed E-state index contributed by atoms with van der Waals surface area (Å²) in [5, 5.41) is 5.49. The lowest BCUT2D eigenvalue weighted by Crippen LogP contribution is -2.46. The van der Waals surface area contributed by atoms with E-state index in [1.807, 2.05) is 26.0 Å². The van der Waals surface area contributed by atoms with E-state index in [4.69, 9.17) is 0 Å². The molecular weight excluding hydrogens is 280 g/mol. The zero-order valence-corrected chi connectivity index (χ0v) is 13.4. The Morgan fingerprint density at radius 2 is 1.91 bits per heavy atom. The van der Waals surface area contributed by atoms with Crippen molar-refractivity contribution in [2.24, 2.45) is 5.92 Å². The molecule has 1 aliphatic rings. The first-order valence-corrected chi connectivity index (χ1v) is 7.76. The molecule has 0 radical (unpaired) electrons. The summed E-state index contributed by atoms with van der Waals surface area (Å²) in [4.78, 5) is 30.1. The fourth-order valence-electron chi connectivity index (χ4n) is 2.57. The minimum Gasteiger partial charge on any atom is -0.357 e. The van der Waals surface area contributed by atoms with Crippen LogP contribution >= 0.6 is 0 Å². The predicted molar refractivity (Wildman–Crippen MR) is 86.8 cm³/mol. The van der Waals surface area contributed by atoms with Crippen molar-refractivity contribution in [3.05, 3.63) is 18.3 Å². The van der Waals surface area contributed by atoms with E-state index < -0.39 is 6.04 Å². The third kappa shape index (κ3) is 4.19. The highest BCUT2D eigenvalue weighted by atomic mass is 16.2. The third-order valence-corrected chi connectivity index (χ3v) is 3.75. The summed E-state index contributed by atoms with van der Waals surface area (Å²) in [5.74, 6) is 0.524. The molecule has 1 aromatic heterocycles. The summed E-state index contributed by atoms with van der Waals surface area (Å²) < 4.78 is 0. The number of aromatic nitrogens is 1. The first-order valence-electron chi connectivity index (χ1n) is 7.76. The number of carbonyl (C=O) groups excluding carboxylic acids is 2. The van der Waals surface area contributed by atoms with Gasteiger partial charge < -0.3 is 15.5 Å². The maximum absolute atomic E-state index is 12.3. The first kappa shape index (κ1) is 16.3. The van der Waals surface area contributed by atoms with Crippen LogP contribution in [0.15, 0.2) is 18.3 Å². The molecule has 2 heterocycles. The van der Waals surface area contributed by atoms with Crippen LogP contribution in [0.3, 0.4) is 0 Å². The Morgan fingerprint density at radius 1 is 1.23 bits per heavy atom. The molecule has 0 aliphatic carbocycles. The zero-order valence-electron chi connectivity index (χ0n) is 13.4. The van der Waals surface area contributed by atoms with Crippen LogP contribution in [-0.2, 0) is 9.59 Å². The summed E-state index contributed by atoms with van der Waals surface area (Å²) in [5.41, 5.74) is 0.643. The second-order valence-electron chi connectivity index (χ2n) is 6.01.